The molecule has 0 N–H and O–H groups in total. The first-order valence-corrected chi connectivity index (χ1v) is 12.1. The first-order chi connectivity index (χ1) is 18.7. The van der Waals surface area contributed by atoms with Gasteiger partial charge in [-0.1, -0.05) is 0 Å². The number of benzene rings is 3. The molecule has 11 heteroatoms. The number of rotatable bonds is 4. The van der Waals surface area contributed by atoms with Crippen LogP contribution in [0.2, 0.25) is 0 Å². The number of fused-ring (bicyclic) bond motifs is 2. The quantitative estimate of drug-likeness (QED) is 0.442. The summed E-state index contributed by atoms with van der Waals surface area (Å²) in [6.45, 7) is 1.53. The molecule has 0 bridgehead atoms. The third-order valence-corrected chi connectivity index (χ3v) is 6.62. The van der Waals surface area contributed by atoms with Crippen LogP contribution in [0.1, 0.15) is 21.5 Å². The molecule has 39 heavy (non-hydrogen) atoms. The number of ether oxygens (including phenoxy) is 4. The number of nitrogens with zero attached hydrogens (tertiary/aromatic N) is 3. The van der Waals surface area contributed by atoms with E-state index in [2.05, 4.69) is 4.99 Å². The van der Waals surface area contributed by atoms with Crippen molar-refractivity contribution in [2.75, 3.05) is 47.5 Å². The van der Waals surface area contributed by atoms with Gasteiger partial charge in [-0.15, -0.1) is 0 Å². The van der Waals surface area contributed by atoms with Crippen molar-refractivity contribution >= 4 is 17.4 Å². The summed E-state index contributed by atoms with van der Waals surface area (Å²) in [5.41, 5.74) is 0.262. The molecule has 1 amide bonds. The lowest BCUT2D eigenvalue weighted by Crippen LogP contribution is -2.50. The lowest BCUT2D eigenvalue weighted by atomic mass is 10.1. The van der Waals surface area contributed by atoms with Crippen LogP contribution in [0.3, 0.4) is 0 Å². The van der Waals surface area contributed by atoms with Gasteiger partial charge in [-0.05, 0) is 48.5 Å². The van der Waals surface area contributed by atoms with Gasteiger partial charge in [0.2, 0.25) is 0 Å². The van der Waals surface area contributed by atoms with Crippen LogP contribution in [0.25, 0.3) is 0 Å². The molecule has 0 radical (unpaired) electrons. The Kier molecular flexibility index (Phi) is 6.98. The van der Waals surface area contributed by atoms with Crippen molar-refractivity contribution in [1.82, 2.24) is 9.80 Å². The number of aliphatic imine (C=N–C) groups is 1. The third-order valence-electron chi connectivity index (χ3n) is 6.62. The zero-order chi connectivity index (χ0) is 27.7. The molecule has 1 saturated heterocycles. The Morgan fingerprint density at radius 1 is 0.821 bits per heavy atom. The number of piperazine rings is 1. The number of halogens is 3. The Morgan fingerprint density at radius 2 is 1.46 bits per heavy atom. The Labute approximate surface area is 223 Å². The van der Waals surface area contributed by atoms with Gasteiger partial charge >= 0.3 is 6.18 Å². The first-order valence-electron chi connectivity index (χ1n) is 12.1. The van der Waals surface area contributed by atoms with Crippen LogP contribution in [0.5, 0.6) is 28.7 Å². The molecule has 2 heterocycles. The van der Waals surface area contributed by atoms with Gasteiger partial charge in [0.15, 0.2) is 5.75 Å². The lowest BCUT2D eigenvalue weighted by Gasteiger charge is -2.36. The van der Waals surface area contributed by atoms with E-state index in [0.29, 0.717) is 66.1 Å². The van der Waals surface area contributed by atoms with Gasteiger partial charge in [0.25, 0.3) is 5.91 Å². The summed E-state index contributed by atoms with van der Waals surface area (Å²) >= 11 is 0. The standard InChI is InChI=1S/C28H26F3N3O5/c1-36-19-5-7-24-22(16-19)26(32-23-14-18(28(29,30)31)4-6-25(23)39-24)33-8-10-34(11-9-33)27(35)17-12-20(37-2)15-21(13-17)38-3/h4-7,12-16H,8-11H2,1-3H3. The van der Waals surface area contributed by atoms with Gasteiger partial charge in [0, 0.05) is 37.8 Å². The summed E-state index contributed by atoms with van der Waals surface area (Å²) in [4.78, 5) is 21.6. The Bertz CT molecular complexity index is 1410. The summed E-state index contributed by atoms with van der Waals surface area (Å²) in [5.74, 6) is 2.48. The van der Waals surface area contributed by atoms with Crippen molar-refractivity contribution in [2.24, 2.45) is 4.99 Å². The smallest absolute Gasteiger partial charge is 0.416 e. The Balaban J connectivity index is 1.45. The zero-order valence-corrected chi connectivity index (χ0v) is 21.5. The van der Waals surface area contributed by atoms with Gasteiger partial charge < -0.3 is 28.7 Å². The maximum Gasteiger partial charge on any atom is 0.416 e. The molecule has 0 spiro atoms. The number of amidine groups is 1. The maximum atomic E-state index is 13.5. The average Bonchev–Trinajstić information content (AvgIpc) is 3.11. The molecule has 2 aliphatic rings. The normalized spacial score (nSPS) is 14.9. The molecule has 204 valence electrons. The number of carbonyl (C=O) groups excluding carboxylic acids is 1. The average molecular weight is 542 g/mol. The van der Waals surface area contributed by atoms with E-state index >= 15 is 0 Å². The highest BCUT2D eigenvalue weighted by Crippen LogP contribution is 2.42. The summed E-state index contributed by atoms with van der Waals surface area (Å²) < 4.78 is 62.3. The summed E-state index contributed by atoms with van der Waals surface area (Å²) in [7, 11) is 4.56. The van der Waals surface area contributed by atoms with Crippen molar-refractivity contribution < 1.29 is 36.9 Å². The molecular formula is C28H26F3N3O5. The number of hydrogen-bond acceptors (Lipinski definition) is 7. The van der Waals surface area contributed by atoms with E-state index < -0.39 is 11.7 Å². The van der Waals surface area contributed by atoms with Crippen molar-refractivity contribution in [1.29, 1.82) is 0 Å². The van der Waals surface area contributed by atoms with Crippen molar-refractivity contribution in [3.8, 4) is 28.7 Å². The van der Waals surface area contributed by atoms with Gasteiger partial charge in [0.1, 0.15) is 34.5 Å². The molecule has 0 aliphatic carbocycles. The largest absolute Gasteiger partial charge is 0.497 e. The summed E-state index contributed by atoms with van der Waals surface area (Å²) in [6.07, 6.45) is -4.53. The first kappa shape index (κ1) is 26.2. The van der Waals surface area contributed by atoms with E-state index in [1.165, 1.54) is 27.4 Å². The minimum atomic E-state index is -4.53. The van der Waals surface area contributed by atoms with E-state index in [4.69, 9.17) is 18.9 Å². The van der Waals surface area contributed by atoms with Crippen molar-refractivity contribution in [2.45, 2.75) is 6.18 Å². The van der Waals surface area contributed by atoms with Gasteiger partial charge in [-0.3, -0.25) is 4.79 Å². The van der Waals surface area contributed by atoms with Crippen LogP contribution < -0.4 is 18.9 Å². The Morgan fingerprint density at radius 3 is 2.08 bits per heavy atom. The number of hydrogen-bond donors (Lipinski definition) is 0. The fourth-order valence-electron chi connectivity index (χ4n) is 4.54. The van der Waals surface area contributed by atoms with Crippen LogP contribution in [0, 0.1) is 0 Å². The van der Waals surface area contributed by atoms with Crippen molar-refractivity contribution in [3.05, 3.63) is 71.3 Å². The molecule has 0 unspecified atom stereocenters. The molecular weight excluding hydrogens is 515 g/mol. The van der Waals surface area contributed by atoms with E-state index in [1.54, 1.807) is 41.3 Å². The molecule has 0 atom stereocenters. The lowest BCUT2D eigenvalue weighted by molar-refractivity contribution is -0.137. The molecule has 2 aliphatic heterocycles. The van der Waals surface area contributed by atoms with E-state index in [9.17, 15) is 18.0 Å². The van der Waals surface area contributed by atoms with E-state index in [0.717, 1.165) is 12.1 Å². The second-order valence-electron chi connectivity index (χ2n) is 8.96. The molecule has 8 nitrogen and oxygen atoms in total. The van der Waals surface area contributed by atoms with Crippen molar-refractivity contribution in [3.63, 3.8) is 0 Å². The predicted molar refractivity (Wildman–Crippen MR) is 138 cm³/mol. The minimum absolute atomic E-state index is 0.0666. The second-order valence-corrected chi connectivity index (χ2v) is 8.96. The van der Waals surface area contributed by atoms with Crippen LogP contribution in [-0.2, 0) is 6.18 Å². The predicted octanol–water partition coefficient (Wildman–Crippen LogP) is 5.37. The minimum Gasteiger partial charge on any atom is -0.497 e. The van der Waals surface area contributed by atoms with Gasteiger partial charge in [-0.2, -0.15) is 13.2 Å². The van der Waals surface area contributed by atoms with E-state index in [1.807, 2.05) is 4.90 Å². The molecule has 0 saturated carbocycles. The molecule has 3 aromatic rings. The van der Waals surface area contributed by atoms with Crippen LogP contribution in [0.4, 0.5) is 18.9 Å². The van der Waals surface area contributed by atoms with Crippen LogP contribution in [-0.4, -0.2) is 69.1 Å². The highest BCUT2D eigenvalue weighted by atomic mass is 19.4. The van der Waals surface area contributed by atoms with Gasteiger partial charge in [-0.25, -0.2) is 4.99 Å². The summed E-state index contributed by atoms with van der Waals surface area (Å²) in [6, 6.07) is 13.4. The third kappa shape index (κ3) is 5.29. The molecule has 1 fully saturated rings. The second kappa shape index (κ2) is 10.4. The maximum absolute atomic E-state index is 13.5. The zero-order valence-electron chi connectivity index (χ0n) is 21.5. The molecule has 5 rings (SSSR count). The summed E-state index contributed by atoms with van der Waals surface area (Å²) in [5, 5.41) is 0. The number of methoxy groups -OCH3 is 3. The monoisotopic (exact) mass is 541 g/mol. The molecule has 0 aromatic heterocycles. The number of amides is 1. The topological polar surface area (TPSA) is 72.8 Å². The number of carbonyl (C=O) groups is 1. The van der Waals surface area contributed by atoms with Crippen LogP contribution >= 0.6 is 0 Å². The molecule has 3 aromatic carbocycles. The highest BCUT2D eigenvalue weighted by Gasteiger charge is 2.33. The van der Waals surface area contributed by atoms with E-state index in [-0.39, 0.29) is 17.3 Å². The SMILES string of the molecule is COc1cc(OC)cc(C(=O)N2CCN(C3=Nc4cc(C(F)(F)F)ccc4Oc4ccc(OC)cc43)CC2)c1. The number of alkyl halides is 3. The highest BCUT2D eigenvalue weighted by molar-refractivity contribution is 6.04. The van der Waals surface area contributed by atoms with Crippen LogP contribution in [0.15, 0.2) is 59.6 Å². The Hall–Kier alpha value is -4.41. The fourth-order valence-corrected chi connectivity index (χ4v) is 4.54. The fraction of sp³-hybridized carbons (Fsp3) is 0.286. The van der Waals surface area contributed by atoms with Gasteiger partial charge in [0.05, 0.1) is 32.5 Å².